The van der Waals surface area contributed by atoms with Crippen LogP contribution in [0.3, 0.4) is 0 Å². The molecule has 3 N–H and O–H groups in total. The summed E-state index contributed by atoms with van der Waals surface area (Å²) in [6, 6.07) is 21.3. The van der Waals surface area contributed by atoms with E-state index in [4.69, 9.17) is 9.47 Å². The van der Waals surface area contributed by atoms with Crippen LogP contribution in [0.2, 0.25) is 0 Å². The standard InChI is InChI=1S/C30H34N2O6/c1-20(2)27(32-30(36)38-19-23-12-8-5-9-13-23)28(34)31-26(17-24-14-15-25(33)16-21(24)3)29(35)37-18-22-10-6-4-7-11-22/h4-16,20,26-27,33H,17-19H2,1-3H3,(H,31,34)(H,32,36)/t26-,27-/m0/s1. The topological polar surface area (TPSA) is 114 Å². The number of ether oxygens (including phenoxy) is 2. The van der Waals surface area contributed by atoms with Crippen LogP contribution in [0.4, 0.5) is 4.79 Å². The Balaban J connectivity index is 1.70. The molecule has 2 amide bonds. The Morgan fingerprint density at radius 2 is 1.39 bits per heavy atom. The van der Waals surface area contributed by atoms with Crippen molar-refractivity contribution in [2.45, 2.75) is 52.5 Å². The average molecular weight is 519 g/mol. The molecule has 200 valence electrons. The molecule has 0 radical (unpaired) electrons. The number of amides is 2. The summed E-state index contributed by atoms with van der Waals surface area (Å²) < 4.78 is 10.8. The van der Waals surface area contributed by atoms with E-state index in [1.165, 1.54) is 6.07 Å². The molecule has 0 aliphatic heterocycles. The number of nitrogens with one attached hydrogen (secondary N) is 2. The first-order chi connectivity index (χ1) is 18.2. The van der Waals surface area contributed by atoms with E-state index in [0.717, 1.165) is 22.3 Å². The molecule has 3 aromatic rings. The first-order valence-electron chi connectivity index (χ1n) is 12.5. The summed E-state index contributed by atoms with van der Waals surface area (Å²) in [6.45, 7) is 5.50. The van der Waals surface area contributed by atoms with Crippen LogP contribution in [-0.4, -0.2) is 35.2 Å². The van der Waals surface area contributed by atoms with E-state index in [2.05, 4.69) is 10.6 Å². The fraction of sp³-hybridized carbons (Fsp3) is 0.300. The minimum Gasteiger partial charge on any atom is -0.508 e. The first-order valence-corrected chi connectivity index (χ1v) is 12.5. The van der Waals surface area contributed by atoms with Crippen LogP contribution in [0.5, 0.6) is 5.75 Å². The molecule has 3 aromatic carbocycles. The van der Waals surface area contributed by atoms with E-state index in [9.17, 15) is 19.5 Å². The third kappa shape index (κ3) is 8.65. The Labute approximate surface area is 223 Å². The van der Waals surface area contributed by atoms with E-state index < -0.39 is 30.1 Å². The number of alkyl carbamates (subject to hydrolysis) is 1. The van der Waals surface area contributed by atoms with Gasteiger partial charge in [0.05, 0.1) is 0 Å². The zero-order chi connectivity index (χ0) is 27.5. The van der Waals surface area contributed by atoms with Gasteiger partial charge in [-0.25, -0.2) is 9.59 Å². The molecule has 0 aliphatic rings. The smallest absolute Gasteiger partial charge is 0.408 e. The van der Waals surface area contributed by atoms with Crippen molar-refractivity contribution in [3.63, 3.8) is 0 Å². The fourth-order valence-electron chi connectivity index (χ4n) is 3.84. The van der Waals surface area contributed by atoms with Crippen molar-refractivity contribution in [1.29, 1.82) is 0 Å². The summed E-state index contributed by atoms with van der Waals surface area (Å²) >= 11 is 0. The number of phenols is 1. The normalized spacial score (nSPS) is 12.3. The summed E-state index contributed by atoms with van der Waals surface area (Å²) in [5.74, 6) is -1.31. The average Bonchev–Trinajstić information content (AvgIpc) is 2.91. The van der Waals surface area contributed by atoms with Crippen molar-refractivity contribution in [3.05, 3.63) is 101 Å². The molecule has 2 atom stereocenters. The number of phenolic OH excluding ortho intramolecular Hbond substituents is 1. The number of esters is 1. The van der Waals surface area contributed by atoms with Gasteiger partial charge in [-0.1, -0.05) is 80.6 Å². The maximum absolute atomic E-state index is 13.3. The second-order valence-electron chi connectivity index (χ2n) is 9.40. The summed E-state index contributed by atoms with van der Waals surface area (Å²) in [7, 11) is 0. The minimum absolute atomic E-state index is 0.0538. The minimum atomic E-state index is -1.02. The van der Waals surface area contributed by atoms with Crippen molar-refractivity contribution in [2.75, 3.05) is 0 Å². The SMILES string of the molecule is Cc1cc(O)ccc1C[C@H](NC(=O)[C@@H](NC(=O)OCc1ccccc1)C(C)C)C(=O)OCc1ccccc1. The van der Waals surface area contributed by atoms with Gasteiger partial charge in [0.2, 0.25) is 5.91 Å². The van der Waals surface area contributed by atoms with E-state index in [1.54, 1.807) is 26.0 Å². The molecule has 0 spiro atoms. The Morgan fingerprint density at radius 3 is 1.95 bits per heavy atom. The summed E-state index contributed by atoms with van der Waals surface area (Å²) in [4.78, 5) is 38.8. The highest BCUT2D eigenvalue weighted by atomic mass is 16.5. The molecule has 0 saturated heterocycles. The van der Waals surface area contributed by atoms with Crippen LogP contribution in [0.15, 0.2) is 78.9 Å². The van der Waals surface area contributed by atoms with Crippen LogP contribution in [-0.2, 0) is 38.7 Å². The number of aromatic hydroxyl groups is 1. The quantitative estimate of drug-likeness (QED) is 0.324. The van der Waals surface area contributed by atoms with Gasteiger partial charge < -0.3 is 25.2 Å². The number of carbonyl (C=O) groups excluding carboxylic acids is 3. The van der Waals surface area contributed by atoms with Gasteiger partial charge in [0.1, 0.15) is 31.0 Å². The number of benzene rings is 3. The van der Waals surface area contributed by atoms with Gasteiger partial charge in [0.15, 0.2) is 0 Å². The summed E-state index contributed by atoms with van der Waals surface area (Å²) in [6.07, 6.45) is -0.588. The maximum atomic E-state index is 13.3. The molecule has 8 nitrogen and oxygen atoms in total. The molecular weight excluding hydrogens is 484 g/mol. The largest absolute Gasteiger partial charge is 0.508 e. The molecule has 0 bridgehead atoms. The van der Waals surface area contributed by atoms with Crippen molar-refractivity contribution in [2.24, 2.45) is 5.92 Å². The molecule has 3 rings (SSSR count). The molecule has 8 heteroatoms. The van der Waals surface area contributed by atoms with Gasteiger partial charge in [-0.3, -0.25) is 4.79 Å². The van der Waals surface area contributed by atoms with Crippen molar-refractivity contribution < 1.29 is 29.0 Å². The first kappa shape index (κ1) is 28.2. The molecular formula is C30H34N2O6. The van der Waals surface area contributed by atoms with Gasteiger partial charge in [-0.15, -0.1) is 0 Å². The number of hydrogen-bond acceptors (Lipinski definition) is 6. The molecule has 0 saturated carbocycles. The van der Waals surface area contributed by atoms with Crippen LogP contribution in [0.25, 0.3) is 0 Å². The van der Waals surface area contributed by atoms with Crippen LogP contribution >= 0.6 is 0 Å². The monoisotopic (exact) mass is 518 g/mol. The van der Waals surface area contributed by atoms with E-state index in [1.807, 2.05) is 67.6 Å². The molecule has 0 aromatic heterocycles. The molecule has 38 heavy (non-hydrogen) atoms. The Morgan fingerprint density at radius 1 is 0.816 bits per heavy atom. The number of carbonyl (C=O) groups is 3. The van der Waals surface area contributed by atoms with Crippen LogP contribution < -0.4 is 10.6 Å². The van der Waals surface area contributed by atoms with Gasteiger partial charge in [-0.2, -0.15) is 0 Å². The Kier molecular flexibility index (Phi) is 10.3. The predicted molar refractivity (Wildman–Crippen MR) is 143 cm³/mol. The second kappa shape index (κ2) is 13.8. The molecule has 0 heterocycles. The van der Waals surface area contributed by atoms with Gasteiger partial charge in [0.25, 0.3) is 0 Å². The highest BCUT2D eigenvalue weighted by Crippen LogP contribution is 2.18. The lowest BCUT2D eigenvalue weighted by molar-refractivity contribution is -0.149. The number of hydrogen-bond donors (Lipinski definition) is 3. The Hall–Kier alpha value is -4.33. The predicted octanol–water partition coefficient (Wildman–Crippen LogP) is 4.42. The summed E-state index contributed by atoms with van der Waals surface area (Å²) in [5, 5.41) is 15.1. The number of rotatable bonds is 11. The van der Waals surface area contributed by atoms with E-state index >= 15 is 0 Å². The van der Waals surface area contributed by atoms with Gasteiger partial charge >= 0.3 is 12.1 Å². The van der Waals surface area contributed by atoms with Gasteiger partial charge in [-0.05, 0) is 47.2 Å². The fourth-order valence-corrected chi connectivity index (χ4v) is 3.84. The lowest BCUT2D eigenvalue weighted by Crippen LogP contribution is -2.54. The highest BCUT2D eigenvalue weighted by molar-refractivity contribution is 5.90. The lowest BCUT2D eigenvalue weighted by Gasteiger charge is -2.25. The number of aryl methyl sites for hydroxylation is 1. The molecule has 0 fully saturated rings. The molecule has 0 aliphatic carbocycles. The van der Waals surface area contributed by atoms with Gasteiger partial charge in [0, 0.05) is 6.42 Å². The lowest BCUT2D eigenvalue weighted by atomic mass is 9.99. The highest BCUT2D eigenvalue weighted by Gasteiger charge is 2.30. The third-order valence-electron chi connectivity index (χ3n) is 6.01. The maximum Gasteiger partial charge on any atom is 0.408 e. The van der Waals surface area contributed by atoms with Crippen molar-refractivity contribution in [1.82, 2.24) is 10.6 Å². The van der Waals surface area contributed by atoms with Crippen LogP contribution in [0.1, 0.15) is 36.1 Å². The van der Waals surface area contributed by atoms with E-state index in [0.29, 0.717) is 0 Å². The van der Waals surface area contributed by atoms with Crippen molar-refractivity contribution >= 4 is 18.0 Å². The zero-order valence-electron chi connectivity index (χ0n) is 21.8. The zero-order valence-corrected chi connectivity index (χ0v) is 21.8. The third-order valence-corrected chi connectivity index (χ3v) is 6.01. The van der Waals surface area contributed by atoms with Crippen LogP contribution in [0, 0.1) is 12.8 Å². The summed E-state index contributed by atoms with van der Waals surface area (Å²) in [5.41, 5.74) is 3.16. The van der Waals surface area contributed by atoms with E-state index in [-0.39, 0.29) is 31.3 Å². The van der Waals surface area contributed by atoms with Crippen molar-refractivity contribution in [3.8, 4) is 5.75 Å². The molecule has 0 unspecified atom stereocenters. The Bertz CT molecular complexity index is 1210. The second-order valence-corrected chi connectivity index (χ2v) is 9.40.